The molecule has 22 heavy (non-hydrogen) atoms. The van der Waals surface area contributed by atoms with Crippen molar-refractivity contribution in [2.75, 3.05) is 27.2 Å². The highest BCUT2D eigenvalue weighted by Crippen LogP contribution is 2.73. The van der Waals surface area contributed by atoms with Crippen LogP contribution in [0.1, 0.15) is 45.6 Å². The summed E-state index contributed by atoms with van der Waals surface area (Å²) >= 11 is 0. The molecule has 2 saturated carbocycles. The molecule has 0 saturated heterocycles. The topological polar surface area (TPSA) is 12.5 Å². The summed E-state index contributed by atoms with van der Waals surface area (Å²) in [5.74, 6) is 0.775. The van der Waals surface area contributed by atoms with Gasteiger partial charge in [-0.3, -0.25) is 0 Å². The molecule has 2 fully saturated rings. The van der Waals surface area contributed by atoms with Gasteiger partial charge < -0.3 is 9.64 Å². The molecule has 0 aliphatic heterocycles. The predicted molar refractivity (Wildman–Crippen MR) is 91.9 cm³/mol. The molecule has 0 N–H and O–H groups in total. The van der Waals surface area contributed by atoms with Gasteiger partial charge in [0.05, 0.1) is 12.2 Å². The molecule has 0 heterocycles. The Morgan fingerprint density at radius 3 is 2.32 bits per heavy atom. The fourth-order valence-electron chi connectivity index (χ4n) is 5.10. The Bertz CT molecular complexity index is 524. The van der Waals surface area contributed by atoms with Gasteiger partial charge in [-0.1, -0.05) is 51.1 Å². The van der Waals surface area contributed by atoms with Gasteiger partial charge in [0.25, 0.3) is 0 Å². The molecule has 2 nitrogen and oxygen atoms in total. The Labute approximate surface area is 135 Å². The van der Waals surface area contributed by atoms with E-state index in [4.69, 9.17) is 4.74 Å². The van der Waals surface area contributed by atoms with Crippen LogP contribution in [-0.2, 0) is 10.3 Å². The van der Waals surface area contributed by atoms with E-state index < -0.39 is 0 Å². The van der Waals surface area contributed by atoms with Crippen molar-refractivity contribution in [1.82, 2.24) is 4.90 Å². The molecule has 1 aromatic rings. The maximum atomic E-state index is 6.72. The summed E-state index contributed by atoms with van der Waals surface area (Å²) < 4.78 is 6.72. The zero-order valence-corrected chi connectivity index (χ0v) is 14.9. The van der Waals surface area contributed by atoms with Crippen molar-refractivity contribution in [2.24, 2.45) is 16.7 Å². The summed E-state index contributed by atoms with van der Waals surface area (Å²) in [6.45, 7) is 9.19. The summed E-state index contributed by atoms with van der Waals surface area (Å²) in [5, 5.41) is 0. The van der Waals surface area contributed by atoms with Gasteiger partial charge in [0.1, 0.15) is 0 Å². The van der Waals surface area contributed by atoms with Crippen molar-refractivity contribution >= 4 is 0 Å². The number of hydrogen-bond donors (Lipinski definition) is 0. The normalized spacial score (nSPS) is 36.2. The summed E-state index contributed by atoms with van der Waals surface area (Å²) in [6, 6.07) is 11.0. The minimum Gasteiger partial charge on any atom is -0.368 e. The molecule has 1 aromatic carbocycles. The van der Waals surface area contributed by atoms with Gasteiger partial charge in [0.15, 0.2) is 0 Å². The van der Waals surface area contributed by atoms with Gasteiger partial charge in [-0.05, 0) is 50.3 Å². The minimum atomic E-state index is -0.114. The van der Waals surface area contributed by atoms with Gasteiger partial charge in [0, 0.05) is 12.0 Å². The standard InChI is InChI=1S/C20H31NO/c1-18(2)17-11-12-19(18,3)20(15-17,22-14-13-21(4)5)16-9-7-6-8-10-16/h6-10,17H,11-15H2,1-5H3/t17-,19?,20+/m1/s1. The Morgan fingerprint density at radius 2 is 1.82 bits per heavy atom. The molecule has 0 aromatic heterocycles. The van der Waals surface area contributed by atoms with Crippen LogP contribution in [-0.4, -0.2) is 32.1 Å². The number of fused-ring (bicyclic) bond motifs is 2. The Hall–Kier alpha value is -0.860. The van der Waals surface area contributed by atoms with Crippen LogP contribution < -0.4 is 0 Å². The number of rotatable bonds is 5. The van der Waals surface area contributed by atoms with E-state index in [1.165, 1.54) is 24.8 Å². The quantitative estimate of drug-likeness (QED) is 0.803. The highest BCUT2D eigenvalue weighted by Gasteiger charge is 2.69. The number of likely N-dealkylation sites (N-methyl/N-ethyl adjacent to an activating group) is 1. The SMILES string of the molecule is CN(C)CCO[C@]1(c2ccccc2)C[C@H]2CCC1(C)C2(C)C. The molecular weight excluding hydrogens is 270 g/mol. The molecule has 2 aliphatic rings. The van der Waals surface area contributed by atoms with Gasteiger partial charge >= 0.3 is 0 Å². The lowest BCUT2D eigenvalue weighted by atomic mass is 9.62. The molecule has 3 rings (SSSR count). The number of benzene rings is 1. The number of ether oxygens (including phenoxy) is 1. The Balaban J connectivity index is 1.99. The molecule has 0 amide bonds. The second-order valence-electron chi connectivity index (χ2n) is 8.34. The van der Waals surface area contributed by atoms with Crippen LogP contribution in [0, 0.1) is 16.7 Å². The van der Waals surface area contributed by atoms with Crippen molar-refractivity contribution in [3.63, 3.8) is 0 Å². The smallest absolute Gasteiger partial charge is 0.0993 e. The number of hydrogen-bond acceptors (Lipinski definition) is 2. The van der Waals surface area contributed by atoms with Gasteiger partial charge in [-0.25, -0.2) is 0 Å². The first-order valence-corrected chi connectivity index (χ1v) is 8.68. The van der Waals surface area contributed by atoms with Crippen molar-refractivity contribution in [2.45, 2.75) is 45.6 Å². The lowest BCUT2D eigenvalue weighted by Crippen LogP contribution is -2.47. The largest absolute Gasteiger partial charge is 0.368 e. The molecule has 0 spiro atoms. The van der Waals surface area contributed by atoms with Crippen LogP contribution in [0.25, 0.3) is 0 Å². The summed E-state index contributed by atoms with van der Waals surface area (Å²) in [6.07, 6.45) is 3.81. The third-order valence-electron chi connectivity index (χ3n) is 6.99. The predicted octanol–water partition coefficient (Wildman–Crippen LogP) is 4.31. The molecule has 2 aliphatic carbocycles. The molecule has 1 unspecified atom stereocenters. The molecule has 2 bridgehead atoms. The molecule has 0 radical (unpaired) electrons. The zero-order valence-electron chi connectivity index (χ0n) is 14.9. The van der Waals surface area contributed by atoms with Gasteiger partial charge in [-0.2, -0.15) is 0 Å². The first-order chi connectivity index (χ1) is 10.3. The van der Waals surface area contributed by atoms with Crippen LogP contribution in [0.3, 0.4) is 0 Å². The second-order valence-corrected chi connectivity index (χ2v) is 8.34. The Morgan fingerprint density at radius 1 is 1.14 bits per heavy atom. The van der Waals surface area contributed by atoms with Crippen LogP contribution >= 0.6 is 0 Å². The summed E-state index contributed by atoms with van der Waals surface area (Å²) in [4.78, 5) is 2.21. The molecule has 3 atom stereocenters. The lowest BCUT2D eigenvalue weighted by Gasteiger charge is -2.49. The van der Waals surface area contributed by atoms with E-state index in [1.54, 1.807) is 0 Å². The van der Waals surface area contributed by atoms with E-state index in [9.17, 15) is 0 Å². The lowest BCUT2D eigenvalue weighted by molar-refractivity contribution is -0.148. The minimum absolute atomic E-state index is 0.114. The average molecular weight is 301 g/mol. The summed E-state index contributed by atoms with van der Waals surface area (Å²) in [5.41, 5.74) is 1.84. The zero-order chi connectivity index (χ0) is 16.0. The first kappa shape index (κ1) is 16.0. The van der Waals surface area contributed by atoms with Crippen molar-refractivity contribution in [1.29, 1.82) is 0 Å². The van der Waals surface area contributed by atoms with Crippen LogP contribution in [0.5, 0.6) is 0 Å². The van der Waals surface area contributed by atoms with E-state index in [2.05, 4.69) is 70.1 Å². The third kappa shape index (κ3) is 2.07. The van der Waals surface area contributed by atoms with Gasteiger partial charge in [-0.15, -0.1) is 0 Å². The fraction of sp³-hybridized carbons (Fsp3) is 0.700. The van der Waals surface area contributed by atoms with Crippen molar-refractivity contribution in [3.8, 4) is 0 Å². The van der Waals surface area contributed by atoms with Gasteiger partial charge in [0.2, 0.25) is 0 Å². The third-order valence-corrected chi connectivity index (χ3v) is 6.99. The van der Waals surface area contributed by atoms with E-state index in [1.807, 2.05) is 0 Å². The maximum Gasteiger partial charge on any atom is 0.0993 e. The van der Waals surface area contributed by atoms with E-state index >= 15 is 0 Å². The van der Waals surface area contributed by atoms with E-state index in [-0.39, 0.29) is 11.0 Å². The Kier molecular flexibility index (Phi) is 3.89. The van der Waals surface area contributed by atoms with E-state index in [0.29, 0.717) is 5.41 Å². The first-order valence-electron chi connectivity index (χ1n) is 8.68. The van der Waals surface area contributed by atoms with Crippen molar-refractivity contribution < 1.29 is 4.74 Å². The second kappa shape index (κ2) is 5.35. The van der Waals surface area contributed by atoms with Crippen LogP contribution in [0.15, 0.2) is 30.3 Å². The number of nitrogens with zero attached hydrogens (tertiary/aromatic N) is 1. The van der Waals surface area contributed by atoms with Crippen molar-refractivity contribution in [3.05, 3.63) is 35.9 Å². The van der Waals surface area contributed by atoms with Crippen LogP contribution in [0.2, 0.25) is 0 Å². The monoisotopic (exact) mass is 301 g/mol. The molecular formula is C20H31NO. The molecule has 2 heteroatoms. The van der Waals surface area contributed by atoms with E-state index in [0.717, 1.165) is 19.1 Å². The fourth-order valence-corrected chi connectivity index (χ4v) is 5.10. The highest BCUT2D eigenvalue weighted by molar-refractivity contribution is 5.32. The maximum absolute atomic E-state index is 6.72. The highest BCUT2D eigenvalue weighted by atomic mass is 16.5. The molecule has 122 valence electrons. The average Bonchev–Trinajstić information content (AvgIpc) is 2.80. The summed E-state index contributed by atoms with van der Waals surface area (Å²) in [7, 11) is 4.23. The van der Waals surface area contributed by atoms with Crippen LogP contribution in [0.4, 0.5) is 0 Å².